The molecule has 0 fully saturated rings. The number of para-hydroxylation sites is 2. The van der Waals surface area contributed by atoms with E-state index in [-0.39, 0.29) is 0 Å². The minimum atomic E-state index is 0.898. The van der Waals surface area contributed by atoms with E-state index in [1.807, 2.05) is 12.1 Å². The summed E-state index contributed by atoms with van der Waals surface area (Å²) >= 11 is 0. The van der Waals surface area contributed by atoms with Crippen LogP contribution in [-0.4, -0.2) is 0 Å². The Hall–Kier alpha value is -10.0. The van der Waals surface area contributed by atoms with Gasteiger partial charge in [0.2, 0.25) is 0 Å². The molecule has 0 saturated heterocycles. The van der Waals surface area contributed by atoms with Gasteiger partial charge >= 0.3 is 0 Å². The summed E-state index contributed by atoms with van der Waals surface area (Å²) < 4.78 is 12.9. The molecule has 2 heterocycles. The highest BCUT2D eigenvalue weighted by Gasteiger charge is 2.23. The summed E-state index contributed by atoms with van der Waals surface area (Å²) in [6, 6.07) is 97.4. The molecule has 0 N–H and O–H groups in total. The first kappa shape index (κ1) is 42.5. The van der Waals surface area contributed by atoms with Crippen molar-refractivity contribution in [2.45, 2.75) is 0 Å². The molecule has 0 aliphatic rings. The van der Waals surface area contributed by atoms with E-state index in [1.54, 1.807) is 0 Å². The first-order valence-electron chi connectivity index (χ1n) is 26.1. The molecule has 14 aromatic carbocycles. The van der Waals surface area contributed by atoms with E-state index < -0.39 is 0 Å². The van der Waals surface area contributed by atoms with Crippen LogP contribution in [0.2, 0.25) is 0 Å². The largest absolute Gasteiger partial charge is 0.456 e. The maximum Gasteiger partial charge on any atom is 0.136 e. The average Bonchev–Trinajstić information content (AvgIpc) is 4.13. The Labute approximate surface area is 437 Å². The first-order chi connectivity index (χ1) is 37.7. The second-order valence-corrected chi connectivity index (χ2v) is 20.1. The molecule has 0 radical (unpaired) electrons. The molecule has 2 nitrogen and oxygen atoms in total. The first-order valence-corrected chi connectivity index (χ1v) is 26.1. The van der Waals surface area contributed by atoms with Crippen LogP contribution in [0.4, 0.5) is 0 Å². The maximum absolute atomic E-state index is 6.45. The molecule has 0 spiro atoms. The predicted octanol–water partition coefficient (Wildman–Crippen LogP) is 21.3. The fourth-order valence-electron chi connectivity index (χ4n) is 12.9. The summed E-state index contributed by atoms with van der Waals surface area (Å²) in [6.07, 6.45) is 0. The highest BCUT2D eigenvalue weighted by molar-refractivity contribution is 6.27. The van der Waals surface area contributed by atoms with Gasteiger partial charge in [-0.15, -0.1) is 0 Å². The minimum Gasteiger partial charge on any atom is -0.456 e. The van der Waals surface area contributed by atoms with Crippen LogP contribution >= 0.6 is 0 Å². The minimum absolute atomic E-state index is 0.898. The van der Waals surface area contributed by atoms with Crippen LogP contribution in [0.5, 0.6) is 0 Å². The molecule has 76 heavy (non-hydrogen) atoms. The highest BCUT2D eigenvalue weighted by atomic mass is 16.3. The maximum atomic E-state index is 6.45. The van der Waals surface area contributed by atoms with Gasteiger partial charge in [-0.05, 0) is 151 Å². The van der Waals surface area contributed by atoms with E-state index in [4.69, 9.17) is 8.83 Å². The Balaban J connectivity index is 0.862. The van der Waals surface area contributed by atoms with Crippen molar-refractivity contribution < 1.29 is 8.83 Å². The van der Waals surface area contributed by atoms with Crippen molar-refractivity contribution in [3.05, 3.63) is 267 Å². The molecule has 0 bridgehead atoms. The van der Waals surface area contributed by atoms with E-state index in [0.29, 0.717) is 0 Å². The van der Waals surface area contributed by atoms with Gasteiger partial charge in [0.05, 0.1) is 0 Å². The smallest absolute Gasteiger partial charge is 0.136 e. The summed E-state index contributed by atoms with van der Waals surface area (Å²) in [4.78, 5) is 0. The summed E-state index contributed by atoms with van der Waals surface area (Å²) in [6.45, 7) is 0. The lowest BCUT2D eigenvalue weighted by atomic mass is 9.83. The number of rotatable bonds is 6. The summed E-state index contributed by atoms with van der Waals surface area (Å²) in [5, 5.41) is 16.7. The molecule has 16 aromatic rings. The van der Waals surface area contributed by atoms with Crippen molar-refractivity contribution in [2.24, 2.45) is 0 Å². The molecule has 0 amide bonds. The molecular weight excluding hydrogens is 921 g/mol. The van der Waals surface area contributed by atoms with E-state index in [0.717, 1.165) is 43.9 Å². The molecule has 2 heteroatoms. The molecule has 0 aliphatic heterocycles. The second kappa shape index (κ2) is 16.8. The Bertz CT molecular complexity index is 4930. The van der Waals surface area contributed by atoms with Crippen LogP contribution < -0.4 is 0 Å². The van der Waals surface area contributed by atoms with Crippen molar-refractivity contribution >= 4 is 97.7 Å². The number of fused-ring (bicyclic) bond motifs is 11. The third-order valence-corrected chi connectivity index (χ3v) is 16.1. The van der Waals surface area contributed by atoms with Crippen molar-refractivity contribution in [2.75, 3.05) is 0 Å². The van der Waals surface area contributed by atoms with Gasteiger partial charge < -0.3 is 8.83 Å². The SMILES string of the molecule is c1cc(-c2ccc3ccccc3c2-c2ccc(-c3c4ccccc4c(-c4cccc5oc6ccccc6c45)c4ccccc34)cc2)cc(-c2c3ccccc3c(-c3cccc4oc5ccccc5c34)c3ccccc23)c1. The summed E-state index contributed by atoms with van der Waals surface area (Å²) in [7, 11) is 0. The van der Waals surface area contributed by atoms with Gasteiger partial charge in [-0.1, -0.05) is 237 Å². The number of hydrogen-bond acceptors (Lipinski definition) is 2. The molecule has 0 saturated carbocycles. The fraction of sp³-hybridized carbons (Fsp3) is 0. The normalized spacial score (nSPS) is 11.9. The number of hydrogen-bond donors (Lipinski definition) is 0. The van der Waals surface area contributed by atoms with Crippen LogP contribution in [0.3, 0.4) is 0 Å². The Kier molecular flexibility index (Phi) is 9.37. The third kappa shape index (κ3) is 6.35. The van der Waals surface area contributed by atoms with Crippen molar-refractivity contribution in [3.63, 3.8) is 0 Å². The van der Waals surface area contributed by atoms with Crippen LogP contribution in [0.15, 0.2) is 276 Å². The molecule has 2 aromatic heterocycles. The Morgan fingerprint density at radius 2 is 0.539 bits per heavy atom. The zero-order valence-corrected chi connectivity index (χ0v) is 41.2. The lowest BCUT2D eigenvalue weighted by Crippen LogP contribution is -1.93. The van der Waals surface area contributed by atoms with Gasteiger partial charge in [0.1, 0.15) is 22.3 Å². The van der Waals surface area contributed by atoms with Crippen molar-refractivity contribution in [1.29, 1.82) is 0 Å². The fourth-order valence-corrected chi connectivity index (χ4v) is 12.9. The summed E-state index contributed by atoms with van der Waals surface area (Å²) in [5.74, 6) is 0. The lowest BCUT2D eigenvalue weighted by Gasteiger charge is -2.20. The van der Waals surface area contributed by atoms with Gasteiger partial charge in [0.15, 0.2) is 0 Å². The van der Waals surface area contributed by atoms with E-state index in [2.05, 4.69) is 255 Å². The van der Waals surface area contributed by atoms with Crippen LogP contribution in [-0.2, 0) is 0 Å². The monoisotopic (exact) mass is 964 g/mol. The van der Waals surface area contributed by atoms with Gasteiger partial charge in [-0.2, -0.15) is 0 Å². The highest BCUT2D eigenvalue weighted by Crippen LogP contribution is 2.50. The quantitative estimate of drug-likeness (QED) is 0.155. The van der Waals surface area contributed by atoms with E-state index in [1.165, 1.54) is 121 Å². The Morgan fingerprint density at radius 1 is 0.184 bits per heavy atom. The molecule has 0 aliphatic carbocycles. The third-order valence-electron chi connectivity index (χ3n) is 16.1. The van der Waals surface area contributed by atoms with Gasteiger partial charge in [0.25, 0.3) is 0 Å². The molecule has 16 rings (SSSR count). The number of furan rings is 2. The molecule has 0 unspecified atom stereocenters. The van der Waals surface area contributed by atoms with Crippen LogP contribution in [0.1, 0.15) is 0 Å². The average molecular weight is 965 g/mol. The van der Waals surface area contributed by atoms with Crippen molar-refractivity contribution in [1.82, 2.24) is 0 Å². The summed E-state index contributed by atoms with van der Waals surface area (Å²) in [5.41, 5.74) is 18.0. The van der Waals surface area contributed by atoms with Gasteiger partial charge in [-0.3, -0.25) is 0 Å². The number of benzene rings is 14. The predicted molar refractivity (Wildman–Crippen MR) is 321 cm³/mol. The zero-order chi connectivity index (χ0) is 49.8. The second-order valence-electron chi connectivity index (χ2n) is 20.1. The zero-order valence-electron chi connectivity index (χ0n) is 41.2. The standard InChI is InChI=1S/C74H44O2/c1-2-21-50-45(18-1)42-43-51(48-19-15-20-49(44-48)70-54-24-5-9-28-58(54)72(59-29-10-6-25-55(59)70)63-33-17-37-67-74(63)61-31-12-14-35-65(61)76-67)68(50)46-38-40-47(41-39-46)69-52-22-3-7-26-56(52)71(57-27-8-4-23-53(57)69)62-32-16-36-66-73(62)60-30-11-13-34-64(60)75-66/h1-44H. The topological polar surface area (TPSA) is 26.3 Å². The van der Waals surface area contributed by atoms with Gasteiger partial charge in [-0.25, -0.2) is 0 Å². The van der Waals surface area contributed by atoms with Gasteiger partial charge in [0, 0.05) is 21.5 Å². The van der Waals surface area contributed by atoms with E-state index in [9.17, 15) is 0 Å². The molecule has 352 valence electrons. The molecular formula is C74H44O2. The van der Waals surface area contributed by atoms with E-state index >= 15 is 0 Å². The molecule has 0 atom stereocenters. The lowest BCUT2D eigenvalue weighted by molar-refractivity contribution is 0.668. The Morgan fingerprint density at radius 3 is 1.03 bits per heavy atom. The van der Waals surface area contributed by atoms with Crippen molar-refractivity contribution in [3.8, 4) is 66.8 Å². The van der Waals surface area contributed by atoms with Crippen LogP contribution in [0.25, 0.3) is 165 Å². The van der Waals surface area contributed by atoms with Crippen LogP contribution in [0, 0.1) is 0 Å².